The summed E-state index contributed by atoms with van der Waals surface area (Å²) in [6.07, 6.45) is 3.48. The maximum absolute atomic E-state index is 12.8. The first-order chi connectivity index (χ1) is 14.1. The molecule has 1 N–H and O–H groups in total. The van der Waals surface area contributed by atoms with Gasteiger partial charge in [0.1, 0.15) is 5.03 Å². The van der Waals surface area contributed by atoms with E-state index in [4.69, 9.17) is 11.6 Å². The lowest BCUT2D eigenvalue weighted by Crippen LogP contribution is -2.36. The van der Waals surface area contributed by atoms with Crippen molar-refractivity contribution in [3.8, 4) is 0 Å². The van der Waals surface area contributed by atoms with Gasteiger partial charge in [0.2, 0.25) is 5.91 Å². The van der Waals surface area contributed by atoms with Gasteiger partial charge >= 0.3 is 0 Å². The topological polar surface area (TPSA) is 76.9 Å². The molecule has 0 unspecified atom stereocenters. The Hall–Kier alpha value is -3.16. The fourth-order valence-corrected chi connectivity index (χ4v) is 3.79. The molecule has 2 heterocycles. The van der Waals surface area contributed by atoms with Crippen molar-refractivity contribution in [3.63, 3.8) is 0 Å². The van der Waals surface area contributed by atoms with Gasteiger partial charge in [-0.1, -0.05) is 53.7 Å². The second-order valence-electron chi connectivity index (χ2n) is 6.19. The molecule has 0 radical (unpaired) electrons. The molecule has 0 atom stereocenters. The minimum atomic E-state index is -0.385. The standard InChI is InChI=1S/C21H15ClN4O2S/c22-15-7-5-14(6-8-15)13-19(27)24-26-21(28)18-4-2-1-3-17(18)20(25-26)29-16-9-11-23-12-10-16/h1-12H,13H2,(H,24,27). The van der Waals surface area contributed by atoms with E-state index in [-0.39, 0.29) is 17.9 Å². The van der Waals surface area contributed by atoms with Crippen molar-refractivity contribution in [2.75, 3.05) is 5.43 Å². The van der Waals surface area contributed by atoms with Crippen LogP contribution in [0.15, 0.2) is 87.8 Å². The summed E-state index contributed by atoms with van der Waals surface area (Å²) in [6, 6.07) is 17.9. The van der Waals surface area contributed by atoms with Crippen LogP contribution in [0.1, 0.15) is 5.56 Å². The maximum Gasteiger partial charge on any atom is 0.294 e. The van der Waals surface area contributed by atoms with Gasteiger partial charge in [0.15, 0.2) is 0 Å². The van der Waals surface area contributed by atoms with Crippen LogP contribution in [0, 0.1) is 0 Å². The zero-order chi connectivity index (χ0) is 20.2. The van der Waals surface area contributed by atoms with Gasteiger partial charge < -0.3 is 0 Å². The summed E-state index contributed by atoms with van der Waals surface area (Å²) in [5.74, 6) is -0.350. The van der Waals surface area contributed by atoms with E-state index < -0.39 is 0 Å². The number of rotatable bonds is 5. The van der Waals surface area contributed by atoms with Gasteiger partial charge in [0.05, 0.1) is 11.8 Å². The lowest BCUT2D eigenvalue weighted by molar-refractivity contribution is -0.116. The van der Waals surface area contributed by atoms with Crippen LogP contribution in [0.4, 0.5) is 0 Å². The quantitative estimate of drug-likeness (QED) is 0.527. The smallest absolute Gasteiger partial charge is 0.273 e. The molecule has 4 aromatic rings. The highest BCUT2D eigenvalue weighted by Crippen LogP contribution is 2.29. The Morgan fingerprint density at radius 2 is 1.69 bits per heavy atom. The van der Waals surface area contributed by atoms with Gasteiger partial charge in [-0.15, -0.1) is 9.89 Å². The van der Waals surface area contributed by atoms with E-state index in [0.29, 0.717) is 15.4 Å². The number of fused-ring (bicyclic) bond motifs is 1. The Kier molecular flexibility index (Phi) is 5.59. The first-order valence-electron chi connectivity index (χ1n) is 8.74. The molecule has 2 aromatic carbocycles. The molecule has 29 heavy (non-hydrogen) atoms. The van der Waals surface area contributed by atoms with E-state index in [9.17, 15) is 9.59 Å². The summed E-state index contributed by atoms with van der Waals surface area (Å²) in [7, 11) is 0. The fraction of sp³-hybridized carbons (Fsp3) is 0.0476. The average Bonchev–Trinajstić information content (AvgIpc) is 2.74. The van der Waals surface area contributed by atoms with Gasteiger partial charge in [0, 0.05) is 27.7 Å². The lowest BCUT2D eigenvalue weighted by Gasteiger charge is -2.11. The van der Waals surface area contributed by atoms with Crippen LogP contribution >= 0.6 is 23.4 Å². The van der Waals surface area contributed by atoms with Crippen molar-refractivity contribution >= 4 is 40.0 Å². The summed E-state index contributed by atoms with van der Waals surface area (Å²) in [5.41, 5.74) is 2.99. The van der Waals surface area contributed by atoms with Crippen LogP contribution in [-0.4, -0.2) is 20.8 Å². The number of carbonyl (C=O) groups excluding carboxylic acids is 1. The monoisotopic (exact) mass is 422 g/mol. The van der Waals surface area contributed by atoms with Crippen molar-refractivity contribution in [1.82, 2.24) is 14.9 Å². The largest absolute Gasteiger partial charge is 0.294 e. The summed E-state index contributed by atoms with van der Waals surface area (Å²) < 4.78 is 0. The van der Waals surface area contributed by atoms with Gasteiger partial charge in [-0.2, -0.15) is 0 Å². The molecule has 2 aromatic heterocycles. The highest BCUT2D eigenvalue weighted by Gasteiger charge is 2.13. The predicted octanol–water partition coefficient (Wildman–Crippen LogP) is 3.91. The van der Waals surface area contributed by atoms with Crippen molar-refractivity contribution in [3.05, 3.63) is 94.0 Å². The number of halogens is 1. The molecular formula is C21H15ClN4O2S. The number of hydrogen-bond donors (Lipinski definition) is 1. The van der Waals surface area contributed by atoms with Crippen LogP contribution in [-0.2, 0) is 11.2 Å². The van der Waals surface area contributed by atoms with Gasteiger partial charge in [0.25, 0.3) is 5.56 Å². The highest BCUT2D eigenvalue weighted by atomic mass is 35.5. The molecule has 0 spiro atoms. The lowest BCUT2D eigenvalue weighted by atomic mass is 10.1. The molecule has 0 saturated carbocycles. The van der Waals surface area contributed by atoms with E-state index in [1.165, 1.54) is 11.8 Å². The van der Waals surface area contributed by atoms with Crippen molar-refractivity contribution in [2.45, 2.75) is 16.3 Å². The molecule has 6 nitrogen and oxygen atoms in total. The zero-order valence-electron chi connectivity index (χ0n) is 15.1. The predicted molar refractivity (Wildman–Crippen MR) is 114 cm³/mol. The fourth-order valence-electron chi connectivity index (χ4n) is 2.77. The Morgan fingerprint density at radius 1 is 1.00 bits per heavy atom. The van der Waals surface area contributed by atoms with Crippen LogP contribution in [0.3, 0.4) is 0 Å². The number of benzene rings is 2. The van der Waals surface area contributed by atoms with Crippen LogP contribution < -0.4 is 11.0 Å². The molecule has 0 fully saturated rings. The summed E-state index contributed by atoms with van der Waals surface area (Å²) in [6.45, 7) is 0. The summed E-state index contributed by atoms with van der Waals surface area (Å²) in [5, 5.41) is 6.79. The minimum absolute atomic E-state index is 0.102. The third kappa shape index (κ3) is 4.47. The van der Waals surface area contributed by atoms with E-state index >= 15 is 0 Å². The first-order valence-corrected chi connectivity index (χ1v) is 9.94. The molecule has 0 aliphatic carbocycles. The van der Waals surface area contributed by atoms with E-state index in [1.807, 2.05) is 24.3 Å². The minimum Gasteiger partial charge on any atom is -0.273 e. The molecule has 0 aliphatic heterocycles. The molecule has 8 heteroatoms. The molecule has 0 saturated heterocycles. The second-order valence-corrected chi connectivity index (χ2v) is 7.69. The normalized spacial score (nSPS) is 10.8. The number of hydrogen-bond acceptors (Lipinski definition) is 5. The second kappa shape index (κ2) is 8.46. The SMILES string of the molecule is O=C(Cc1ccc(Cl)cc1)Nn1nc(Sc2ccncc2)c2ccccc2c1=O. The summed E-state index contributed by atoms with van der Waals surface area (Å²) >= 11 is 7.27. The van der Waals surface area contributed by atoms with Gasteiger partial charge in [-0.05, 0) is 35.9 Å². The zero-order valence-corrected chi connectivity index (χ0v) is 16.7. The average molecular weight is 423 g/mol. The number of carbonyl (C=O) groups is 1. The van der Waals surface area contributed by atoms with Gasteiger partial charge in [-0.25, -0.2) is 5.43 Å². The number of amides is 1. The molecule has 0 aliphatic rings. The molecule has 1 amide bonds. The van der Waals surface area contributed by atoms with E-state index in [1.54, 1.807) is 48.8 Å². The number of pyridine rings is 1. The molecular weight excluding hydrogens is 408 g/mol. The van der Waals surface area contributed by atoms with Gasteiger partial charge in [-0.3, -0.25) is 14.6 Å². The highest BCUT2D eigenvalue weighted by molar-refractivity contribution is 7.99. The third-order valence-corrected chi connectivity index (χ3v) is 5.40. The van der Waals surface area contributed by atoms with Crippen molar-refractivity contribution in [2.24, 2.45) is 0 Å². The number of nitrogens with zero attached hydrogens (tertiary/aromatic N) is 3. The van der Waals surface area contributed by atoms with E-state index in [0.717, 1.165) is 20.6 Å². The Morgan fingerprint density at radius 3 is 2.41 bits per heavy atom. The van der Waals surface area contributed by atoms with Crippen molar-refractivity contribution < 1.29 is 4.79 Å². The maximum atomic E-state index is 12.8. The molecule has 144 valence electrons. The first kappa shape index (κ1) is 19.2. The van der Waals surface area contributed by atoms with Crippen LogP contribution in [0.2, 0.25) is 5.02 Å². The number of nitrogens with one attached hydrogen (secondary N) is 1. The Labute approximate surface area is 175 Å². The molecule has 4 rings (SSSR count). The Bertz CT molecular complexity index is 1230. The Balaban J connectivity index is 1.66. The summed E-state index contributed by atoms with van der Waals surface area (Å²) in [4.78, 5) is 31.2. The third-order valence-electron chi connectivity index (χ3n) is 4.14. The van der Waals surface area contributed by atoms with E-state index in [2.05, 4.69) is 15.5 Å². The van der Waals surface area contributed by atoms with Crippen LogP contribution in [0.5, 0.6) is 0 Å². The van der Waals surface area contributed by atoms with Crippen LogP contribution in [0.25, 0.3) is 10.8 Å². The molecule has 0 bridgehead atoms. The number of aromatic nitrogens is 3. The van der Waals surface area contributed by atoms with Crippen molar-refractivity contribution in [1.29, 1.82) is 0 Å².